The number of nitrogens with one attached hydrogen (secondary N) is 1. The van der Waals surface area contributed by atoms with Gasteiger partial charge in [-0.25, -0.2) is 4.79 Å². The molecule has 0 bridgehead atoms. The van der Waals surface area contributed by atoms with Crippen LogP contribution in [0.3, 0.4) is 0 Å². The Kier molecular flexibility index (Phi) is 6.75. The number of likely N-dealkylation sites (tertiary alicyclic amines) is 1. The average molecular weight is 366 g/mol. The van der Waals surface area contributed by atoms with Crippen LogP contribution >= 0.6 is 0 Å². The Morgan fingerprint density at radius 2 is 1.76 bits per heavy atom. The molecule has 1 heterocycles. The molecule has 1 aliphatic heterocycles. The predicted octanol–water partition coefficient (Wildman–Crippen LogP) is 3.87. The summed E-state index contributed by atoms with van der Waals surface area (Å²) in [6.07, 6.45) is -2.42. The number of alkyl halides is 3. The summed E-state index contributed by atoms with van der Waals surface area (Å²) in [5.41, 5.74) is -0.767. The molecule has 1 aliphatic rings. The summed E-state index contributed by atoms with van der Waals surface area (Å²) >= 11 is 0. The highest BCUT2D eigenvalue weighted by Crippen LogP contribution is 2.39. The Hall–Kier alpha value is -1.47. The van der Waals surface area contributed by atoms with E-state index in [1.54, 1.807) is 20.8 Å². The van der Waals surface area contributed by atoms with E-state index in [1.165, 1.54) is 4.90 Å². The van der Waals surface area contributed by atoms with E-state index < -0.39 is 29.8 Å². The van der Waals surface area contributed by atoms with Crippen LogP contribution in [-0.2, 0) is 9.53 Å². The van der Waals surface area contributed by atoms with Crippen LogP contribution in [-0.4, -0.2) is 47.8 Å². The molecule has 2 amide bonds. The first-order valence-corrected chi connectivity index (χ1v) is 8.68. The molecule has 5 nitrogen and oxygen atoms in total. The first-order valence-electron chi connectivity index (χ1n) is 8.68. The zero-order valence-electron chi connectivity index (χ0n) is 15.6. The minimum atomic E-state index is -4.93. The Morgan fingerprint density at radius 1 is 1.20 bits per heavy atom. The molecule has 1 atom stereocenters. The number of rotatable bonds is 4. The Balaban J connectivity index is 2.90. The monoisotopic (exact) mass is 366 g/mol. The van der Waals surface area contributed by atoms with Crippen LogP contribution in [0.1, 0.15) is 60.3 Å². The molecule has 1 N–H and O–H groups in total. The van der Waals surface area contributed by atoms with Gasteiger partial charge in [0.15, 0.2) is 0 Å². The van der Waals surface area contributed by atoms with E-state index in [0.717, 1.165) is 19.3 Å². The molecule has 1 rings (SSSR count). The van der Waals surface area contributed by atoms with Crippen molar-refractivity contribution in [1.82, 2.24) is 10.2 Å². The molecule has 0 saturated carbocycles. The fraction of sp³-hybridized carbons (Fsp3) is 0.882. The van der Waals surface area contributed by atoms with Crippen molar-refractivity contribution in [2.75, 3.05) is 13.1 Å². The van der Waals surface area contributed by atoms with Crippen molar-refractivity contribution in [3.8, 4) is 0 Å². The quantitative estimate of drug-likeness (QED) is 0.822. The number of amides is 2. The molecular weight excluding hydrogens is 337 g/mol. The smallest absolute Gasteiger partial charge is 0.444 e. The zero-order valence-corrected chi connectivity index (χ0v) is 15.6. The van der Waals surface area contributed by atoms with Gasteiger partial charge in [-0.3, -0.25) is 4.79 Å². The molecule has 0 aromatic heterocycles. The lowest BCUT2D eigenvalue weighted by Gasteiger charge is -2.46. The summed E-state index contributed by atoms with van der Waals surface area (Å²) in [4.78, 5) is 25.1. The van der Waals surface area contributed by atoms with Crippen molar-refractivity contribution >= 4 is 12.0 Å². The third-order valence-corrected chi connectivity index (χ3v) is 4.84. The second-order valence-corrected chi connectivity index (χ2v) is 7.72. The number of ether oxygens (including phenoxy) is 1. The van der Waals surface area contributed by atoms with Gasteiger partial charge in [0.25, 0.3) is 0 Å². The van der Waals surface area contributed by atoms with E-state index in [4.69, 9.17) is 4.74 Å². The summed E-state index contributed by atoms with van der Waals surface area (Å²) in [6, 6.07) is -0.507. The third kappa shape index (κ3) is 6.08. The normalized spacial score (nSPS) is 21.0. The predicted molar refractivity (Wildman–Crippen MR) is 88.0 cm³/mol. The van der Waals surface area contributed by atoms with E-state index in [2.05, 4.69) is 0 Å². The first-order chi connectivity index (χ1) is 11.3. The minimum Gasteiger partial charge on any atom is -0.444 e. The van der Waals surface area contributed by atoms with Crippen LogP contribution in [0.15, 0.2) is 0 Å². The number of hydrogen-bond acceptors (Lipinski definition) is 3. The van der Waals surface area contributed by atoms with Gasteiger partial charge < -0.3 is 15.0 Å². The highest BCUT2D eigenvalue weighted by molar-refractivity contribution is 5.81. The van der Waals surface area contributed by atoms with Crippen LogP contribution < -0.4 is 5.32 Å². The van der Waals surface area contributed by atoms with Crippen molar-refractivity contribution in [3.63, 3.8) is 0 Å². The Morgan fingerprint density at radius 3 is 2.20 bits per heavy atom. The standard InChI is InChI=1S/C17H29F3N2O3/c1-6-16(7-2)9-8-12(10-21-13(23)17(18,19)20)22(11-16)14(24)25-15(3,4)5/h12H,6-11H2,1-5H3,(H,21,23). The molecule has 1 fully saturated rings. The maximum Gasteiger partial charge on any atom is 0.471 e. The lowest BCUT2D eigenvalue weighted by atomic mass is 9.74. The minimum absolute atomic E-state index is 0.0680. The first kappa shape index (κ1) is 21.6. The second-order valence-electron chi connectivity index (χ2n) is 7.72. The number of carbonyl (C=O) groups is 2. The third-order valence-electron chi connectivity index (χ3n) is 4.84. The maximum absolute atomic E-state index is 12.6. The number of carbonyl (C=O) groups excluding carboxylic acids is 2. The lowest BCUT2D eigenvalue weighted by Crippen LogP contribution is -2.56. The molecule has 0 aromatic rings. The fourth-order valence-electron chi connectivity index (χ4n) is 3.08. The molecule has 0 spiro atoms. The highest BCUT2D eigenvalue weighted by atomic mass is 19.4. The summed E-state index contributed by atoms with van der Waals surface area (Å²) < 4.78 is 42.6. The van der Waals surface area contributed by atoms with Gasteiger partial charge in [-0.05, 0) is 51.9 Å². The van der Waals surface area contributed by atoms with Gasteiger partial charge in [0.05, 0.1) is 6.04 Å². The van der Waals surface area contributed by atoms with E-state index in [-0.39, 0.29) is 12.0 Å². The molecule has 146 valence electrons. The van der Waals surface area contributed by atoms with Gasteiger partial charge in [0, 0.05) is 13.1 Å². The van der Waals surface area contributed by atoms with Crippen LogP contribution in [0.2, 0.25) is 0 Å². The van der Waals surface area contributed by atoms with Gasteiger partial charge in [0.1, 0.15) is 5.60 Å². The number of nitrogens with zero attached hydrogens (tertiary/aromatic N) is 1. The Bertz CT molecular complexity index is 483. The van der Waals surface area contributed by atoms with E-state index in [0.29, 0.717) is 13.0 Å². The molecule has 25 heavy (non-hydrogen) atoms. The van der Waals surface area contributed by atoms with Crippen molar-refractivity contribution < 1.29 is 27.5 Å². The zero-order chi connectivity index (χ0) is 19.5. The molecule has 8 heteroatoms. The number of halogens is 3. The van der Waals surface area contributed by atoms with Crippen molar-refractivity contribution in [1.29, 1.82) is 0 Å². The van der Waals surface area contributed by atoms with E-state index in [1.807, 2.05) is 19.2 Å². The van der Waals surface area contributed by atoms with Crippen molar-refractivity contribution in [2.45, 2.75) is 78.1 Å². The SMILES string of the molecule is CCC1(CC)CCC(CNC(=O)C(F)(F)F)N(C(=O)OC(C)(C)C)C1. The topological polar surface area (TPSA) is 58.6 Å². The van der Waals surface area contributed by atoms with Crippen LogP contribution in [0, 0.1) is 5.41 Å². The maximum atomic E-state index is 12.6. The molecule has 0 aromatic carbocycles. The summed E-state index contributed by atoms with van der Waals surface area (Å²) in [5.74, 6) is -1.99. The lowest BCUT2D eigenvalue weighted by molar-refractivity contribution is -0.173. The van der Waals surface area contributed by atoms with Crippen molar-refractivity contribution in [2.24, 2.45) is 5.41 Å². The highest BCUT2D eigenvalue weighted by Gasteiger charge is 2.43. The van der Waals surface area contributed by atoms with Crippen molar-refractivity contribution in [3.05, 3.63) is 0 Å². The van der Waals surface area contributed by atoms with Gasteiger partial charge in [-0.2, -0.15) is 13.2 Å². The summed E-state index contributed by atoms with van der Waals surface area (Å²) in [5, 5.41) is 1.89. The second kappa shape index (κ2) is 7.83. The molecule has 0 aliphatic carbocycles. The fourth-order valence-corrected chi connectivity index (χ4v) is 3.08. The van der Waals surface area contributed by atoms with Crippen LogP contribution in [0.5, 0.6) is 0 Å². The molecule has 1 unspecified atom stereocenters. The van der Waals surface area contributed by atoms with Gasteiger partial charge in [0.2, 0.25) is 0 Å². The summed E-state index contributed by atoms with van der Waals surface area (Å²) in [7, 11) is 0. The average Bonchev–Trinajstić information content (AvgIpc) is 2.49. The van der Waals surface area contributed by atoms with Crippen LogP contribution in [0.4, 0.5) is 18.0 Å². The molecular formula is C17H29F3N2O3. The largest absolute Gasteiger partial charge is 0.471 e. The van der Waals surface area contributed by atoms with Gasteiger partial charge >= 0.3 is 18.2 Å². The van der Waals surface area contributed by atoms with Gasteiger partial charge in [-0.15, -0.1) is 0 Å². The van der Waals surface area contributed by atoms with Crippen LogP contribution in [0.25, 0.3) is 0 Å². The van der Waals surface area contributed by atoms with Gasteiger partial charge in [-0.1, -0.05) is 13.8 Å². The van der Waals surface area contributed by atoms with E-state index >= 15 is 0 Å². The molecule has 1 saturated heterocycles. The molecule has 0 radical (unpaired) electrons. The number of piperidine rings is 1. The summed E-state index contributed by atoms with van der Waals surface area (Å²) in [6.45, 7) is 9.49. The van der Waals surface area contributed by atoms with E-state index in [9.17, 15) is 22.8 Å². The number of hydrogen-bond donors (Lipinski definition) is 1. The Labute approximate surface area is 147 Å².